The van der Waals surface area contributed by atoms with E-state index in [9.17, 15) is 8.42 Å². The Kier molecular flexibility index (Phi) is 5.70. The second-order valence-corrected chi connectivity index (χ2v) is 3.98. The van der Waals surface area contributed by atoms with Crippen LogP contribution in [0, 0.1) is 0 Å². The van der Waals surface area contributed by atoms with Crippen molar-refractivity contribution >= 4 is 45.4 Å². The molecule has 2 N–H and O–H groups in total. The average Bonchev–Trinajstić information content (AvgIpc) is 2.04. The molecular formula is C8H12NNaO3S. The van der Waals surface area contributed by atoms with Crippen LogP contribution in [0.5, 0.6) is 0 Å². The molecule has 0 aliphatic heterocycles. The summed E-state index contributed by atoms with van der Waals surface area (Å²) in [6, 6.07) is 6.20. The van der Waals surface area contributed by atoms with Gasteiger partial charge in [-0.2, -0.15) is 8.42 Å². The topological polar surface area (TPSA) is 69.4 Å². The van der Waals surface area contributed by atoms with Gasteiger partial charge < -0.3 is 5.73 Å². The Morgan fingerprint density at radius 1 is 1.36 bits per heavy atom. The van der Waals surface area contributed by atoms with E-state index in [0.717, 1.165) is 0 Å². The molecule has 0 atom stereocenters. The first-order chi connectivity index (χ1) is 6.08. The number of para-hydroxylation sites is 1. The van der Waals surface area contributed by atoms with E-state index in [1.54, 1.807) is 19.1 Å². The number of benzene rings is 1. The van der Waals surface area contributed by atoms with Gasteiger partial charge in [0, 0.05) is 0 Å². The fourth-order valence-electron chi connectivity index (χ4n) is 0.927. The van der Waals surface area contributed by atoms with Crippen LogP contribution in [0.4, 0.5) is 5.69 Å². The van der Waals surface area contributed by atoms with E-state index < -0.39 is 10.1 Å². The molecule has 0 saturated carbocycles. The maximum absolute atomic E-state index is 11.4. The van der Waals surface area contributed by atoms with Crippen LogP contribution < -0.4 is 5.73 Å². The van der Waals surface area contributed by atoms with Gasteiger partial charge in [-0.25, -0.2) is 0 Å². The number of hydrogen-bond acceptors (Lipinski definition) is 4. The summed E-state index contributed by atoms with van der Waals surface area (Å²) in [4.78, 5) is 0.0249. The molecule has 0 amide bonds. The molecule has 0 aliphatic rings. The number of anilines is 1. The molecule has 4 nitrogen and oxygen atoms in total. The van der Waals surface area contributed by atoms with Crippen LogP contribution in [0.15, 0.2) is 29.2 Å². The van der Waals surface area contributed by atoms with Gasteiger partial charge >= 0.3 is 29.6 Å². The predicted molar refractivity (Wildman–Crippen MR) is 56.8 cm³/mol. The molecule has 6 heteroatoms. The van der Waals surface area contributed by atoms with Crippen molar-refractivity contribution in [2.75, 3.05) is 12.3 Å². The van der Waals surface area contributed by atoms with E-state index >= 15 is 0 Å². The van der Waals surface area contributed by atoms with Crippen molar-refractivity contribution in [3.8, 4) is 0 Å². The fraction of sp³-hybridized carbons (Fsp3) is 0.250. The van der Waals surface area contributed by atoms with Crippen molar-refractivity contribution in [3.05, 3.63) is 24.3 Å². The molecule has 1 rings (SSSR count). The zero-order valence-corrected chi connectivity index (χ0v) is 8.04. The van der Waals surface area contributed by atoms with Crippen molar-refractivity contribution in [2.45, 2.75) is 11.8 Å². The Labute approximate surface area is 106 Å². The van der Waals surface area contributed by atoms with Gasteiger partial charge in [0.2, 0.25) is 0 Å². The maximum atomic E-state index is 11.4. The molecule has 0 aliphatic carbocycles. The summed E-state index contributed by atoms with van der Waals surface area (Å²) in [5.41, 5.74) is 5.68. The monoisotopic (exact) mass is 225 g/mol. The van der Waals surface area contributed by atoms with E-state index in [4.69, 9.17) is 5.73 Å². The number of nitrogen functional groups attached to an aromatic ring is 1. The van der Waals surface area contributed by atoms with Crippen LogP contribution in [0.25, 0.3) is 0 Å². The molecule has 0 spiro atoms. The molecule has 0 heterocycles. The second kappa shape index (κ2) is 5.72. The molecule has 0 aromatic heterocycles. The summed E-state index contributed by atoms with van der Waals surface area (Å²) in [6.45, 7) is 1.72. The molecule has 74 valence electrons. The summed E-state index contributed by atoms with van der Waals surface area (Å²) >= 11 is 0. The summed E-state index contributed by atoms with van der Waals surface area (Å²) < 4.78 is 27.3. The van der Waals surface area contributed by atoms with E-state index in [-0.39, 0.29) is 46.7 Å². The molecule has 14 heavy (non-hydrogen) atoms. The molecular weight excluding hydrogens is 213 g/mol. The van der Waals surface area contributed by atoms with Crippen molar-refractivity contribution in [1.29, 1.82) is 0 Å². The van der Waals surface area contributed by atoms with Gasteiger partial charge in [0.05, 0.1) is 12.3 Å². The third-order valence-electron chi connectivity index (χ3n) is 1.46. The molecule has 0 radical (unpaired) electrons. The number of rotatable bonds is 3. The summed E-state index contributed by atoms with van der Waals surface area (Å²) in [5.74, 6) is 0. The van der Waals surface area contributed by atoms with Gasteiger partial charge in [-0.3, -0.25) is 4.18 Å². The zero-order valence-electron chi connectivity index (χ0n) is 7.23. The van der Waals surface area contributed by atoms with E-state index in [0.29, 0.717) is 0 Å². The van der Waals surface area contributed by atoms with Gasteiger partial charge in [0.15, 0.2) is 0 Å². The molecule has 0 saturated heterocycles. The Bertz CT molecular complexity index is 391. The SMILES string of the molecule is CCOS(=O)(=O)c1ccccc1N.[NaH]. The van der Waals surface area contributed by atoms with Gasteiger partial charge in [-0.05, 0) is 19.1 Å². The third-order valence-corrected chi connectivity index (χ3v) is 2.92. The van der Waals surface area contributed by atoms with Gasteiger partial charge in [-0.1, -0.05) is 12.1 Å². The third kappa shape index (κ3) is 3.25. The molecule has 0 bridgehead atoms. The minimum atomic E-state index is -3.67. The summed E-state index contributed by atoms with van der Waals surface area (Å²) in [7, 11) is -3.67. The van der Waals surface area contributed by atoms with Crippen LogP contribution in [0.2, 0.25) is 0 Å². The second-order valence-electron chi connectivity index (χ2n) is 2.40. The fourth-order valence-corrected chi connectivity index (χ4v) is 1.97. The Morgan fingerprint density at radius 2 is 1.93 bits per heavy atom. The standard InChI is InChI=1S/C8H11NO3S.Na.H/c1-2-12-13(10,11)8-6-4-3-5-7(8)9;;/h3-6H,2,9H2,1H3;;. The number of hydrogen-bond donors (Lipinski definition) is 1. The quantitative estimate of drug-likeness (QED) is 0.457. The predicted octanol–water partition coefficient (Wildman–Crippen LogP) is 0.346. The first-order valence-corrected chi connectivity index (χ1v) is 5.22. The molecule has 0 fully saturated rings. The van der Waals surface area contributed by atoms with Crippen LogP contribution in [-0.4, -0.2) is 44.6 Å². The minimum absolute atomic E-state index is 0. The normalized spacial score (nSPS) is 10.6. The zero-order chi connectivity index (χ0) is 9.90. The van der Waals surface area contributed by atoms with E-state index in [2.05, 4.69) is 4.18 Å². The van der Waals surface area contributed by atoms with Gasteiger partial charge in [0.25, 0.3) is 10.1 Å². The Balaban J connectivity index is 0.00000169. The molecule has 1 aromatic carbocycles. The Morgan fingerprint density at radius 3 is 2.43 bits per heavy atom. The van der Waals surface area contributed by atoms with Crippen LogP contribution in [-0.2, 0) is 14.3 Å². The van der Waals surface area contributed by atoms with Crippen LogP contribution in [0.3, 0.4) is 0 Å². The van der Waals surface area contributed by atoms with Crippen LogP contribution in [0.1, 0.15) is 6.92 Å². The van der Waals surface area contributed by atoms with Crippen molar-refractivity contribution in [2.24, 2.45) is 0 Å². The number of nitrogens with two attached hydrogens (primary N) is 1. The average molecular weight is 225 g/mol. The van der Waals surface area contributed by atoms with E-state index in [1.807, 2.05) is 0 Å². The molecule has 1 aromatic rings. The first kappa shape index (κ1) is 13.9. The van der Waals surface area contributed by atoms with Gasteiger partial charge in [0.1, 0.15) is 4.90 Å². The first-order valence-electron chi connectivity index (χ1n) is 3.82. The summed E-state index contributed by atoms with van der Waals surface area (Å²) in [5, 5.41) is 0. The van der Waals surface area contributed by atoms with E-state index in [1.165, 1.54) is 12.1 Å². The Hall–Kier alpha value is -0.0700. The van der Waals surface area contributed by atoms with Crippen LogP contribution >= 0.6 is 0 Å². The van der Waals surface area contributed by atoms with Crippen molar-refractivity contribution in [1.82, 2.24) is 0 Å². The van der Waals surface area contributed by atoms with Gasteiger partial charge in [-0.15, -0.1) is 0 Å². The van der Waals surface area contributed by atoms with Crippen molar-refractivity contribution in [3.63, 3.8) is 0 Å². The van der Waals surface area contributed by atoms with Crippen molar-refractivity contribution < 1.29 is 12.6 Å². The molecule has 0 unspecified atom stereocenters. The summed E-state index contributed by atoms with van der Waals surface area (Å²) in [6.07, 6.45) is 0.